The van der Waals surface area contributed by atoms with Gasteiger partial charge in [0.25, 0.3) is 10.5 Å². The molecule has 150 valence electrons. The van der Waals surface area contributed by atoms with Crippen molar-refractivity contribution in [3.8, 4) is 11.5 Å². The number of carbonyl (C=O) groups excluding carboxylic acids is 2. The second-order valence-corrected chi connectivity index (χ2v) is 8.06. The van der Waals surface area contributed by atoms with Crippen molar-refractivity contribution in [2.24, 2.45) is 0 Å². The van der Waals surface area contributed by atoms with Gasteiger partial charge in [0.1, 0.15) is 11.5 Å². The molecule has 0 saturated carbocycles. The smallest absolute Gasteiger partial charge is 0.283 e. The zero-order valence-corrected chi connectivity index (χ0v) is 18.0. The summed E-state index contributed by atoms with van der Waals surface area (Å²) >= 11 is 2.25. The van der Waals surface area contributed by atoms with Gasteiger partial charge in [0.15, 0.2) is 0 Å². The van der Waals surface area contributed by atoms with E-state index in [4.69, 9.17) is 9.47 Å². The van der Waals surface area contributed by atoms with E-state index in [2.05, 4.69) is 10.6 Å². The molecule has 0 saturated heterocycles. The van der Waals surface area contributed by atoms with Crippen molar-refractivity contribution in [2.45, 2.75) is 13.8 Å². The van der Waals surface area contributed by atoms with Crippen LogP contribution in [0.5, 0.6) is 11.5 Å². The van der Waals surface area contributed by atoms with Crippen LogP contribution >= 0.6 is 23.5 Å². The molecule has 2 aromatic rings. The predicted octanol–water partition coefficient (Wildman–Crippen LogP) is 5.55. The summed E-state index contributed by atoms with van der Waals surface area (Å²) in [6.45, 7) is 3.89. The third-order valence-electron chi connectivity index (χ3n) is 3.73. The van der Waals surface area contributed by atoms with Crippen LogP contribution in [0.15, 0.2) is 36.4 Å². The fraction of sp³-hybridized carbons (Fsp3) is 0.300. The maximum atomic E-state index is 12.1. The number of ether oxygens (including phenoxy) is 2. The SMILES string of the molecule is COc1ccc(C)cc1NC(=O)SCCSC(=O)Nc1cc(C)ccc1OC. The van der Waals surface area contributed by atoms with Gasteiger partial charge in [-0.2, -0.15) is 0 Å². The number of rotatable bonds is 7. The Kier molecular flexibility index (Phi) is 8.53. The van der Waals surface area contributed by atoms with Gasteiger partial charge in [0.05, 0.1) is 25.6 Å². The molecule has 6 nitrogen and oxygen atoms in total. The van der Waals surface area contributed by atoms with Gasteiger partial charge < -0.3 is 20.1 Å². The van der Waals surface area contributed by atoms with Crippen LogP contribution in [0.1, 0.15) is 11.1 Å². The lowest BCUT2D eigenvalue weighted by Gasteiger charge is -2.11. The lowest BCUT2D eigenvalue weighted by molar-refractivity contribution is 0.269. The van der Waals surface area contributed by atoms with Gasteiger partial charge in [0, 0.05) is 11.5 Å². The molecule has 2 amide bonds. The number of amides is 2. The van der Waals surface area contributed by atoms with Crippen molar-refractivity contribution in [3.63, 3.8) is 0 Å². The van der Waals surface area contributed by atoms with E-state index in [9.17, 15) is 9.59 Å². The van der Waals surface area contributed by atoms with Gasteiger partial charge in [-0.1, -0.05) is 35.7 Å². The van der Waals surface area contributed by atoms with E-state index in [0.29, 0.717) is 34.4 Å². The van der Waals surface area contributed by atoms with E-state index in [0.717, 1.165) is 34.7 Å². The maximum absolute atomic E-state index is 12.1. The zero-order chi connectivity index (χ0) is 20.5. The number of aryl methyl sites for hydroxylation is 2. The molecule has 0 aliphatic heterocycles. The molecule has 0 spiro atoms. The number of nitrogens with one attached hydrogen (secondary N) is 2. The third kappa shape index (κ3) is 6.69. The van der Waals surface area contributed by atoms with Crippen LogP contribution in [0, 0.1) is 13.8 Å². The summed E-state index contributed by atoms with van der Waals surface area (Å²) in [7, 11) is 3.12. The van der Waals surface area contributed by atoms with Gasteiger partial charge in [-0.25, -0.2) is 0 Å². The molecule has 0 aliphatic carbocycles. The summed E-state index contributed by atoms with van der Waals surface area (Å²) in [4.78, 5) is 24.2. The van der Waals surface area contributed by atoms with E-state index in [1.165, 1.54) is 0 Å². The van der Waals surface area contributed by atoms with Crippen LogP contribution in [-0.4, -0.2) is 36.2 Å². The summed E-state index contributed by atoms with van der Waals surface area (Å²) in [6, 6.07) is 11.2. The molecule has 0 bridgehead atoms. The molecule has 0 aromatic heterocycles. The summed E-state index contributed by atoms with van der Waals surface area (Å²) in [5.74, 6) is 2.23. The standard InChI is InChI=1S/C20H24N2O4S2/c1-13-5-7-17(25-3)15(11-13)21-19(23)27-9-10-28-20(24)22-16-12-14(2)6-8-18(16)26-4/h5-8,11-12H,9-10H2,1-4H3,(H,21,23)(H,22,24). The topological polar surface area (TPSA) is 76.7 Å². The van der Waals surface area contributed by atoms with Crippen molar-refractivity contribution in [3.05, 3.63) is 47.5 Å². The number of hydrogen-bond donors (Lipinski definition) is 2. The van der Waals surface area contributed by atoms with Crippen molar-refractivity contribution in [1.82, 2.24) is 0 Å². The van der Waals surface area contributed by atoms with Crippen LogP contribution in [0.4, 0.5) is 21.0 Å². The van der Waals surface area contributed by atoms with Crippen LogP contribution in [0.3, 0.4) is 0 Å². The highest BCUT2D eigenvalue weighted by Gasteiger charge is 2.11. The minimum absolute atomic E-state index is 0.190. The Morgan fingerprint density at radius 1 is 0.786 bits per heavy atom. The van der Waals surface area contributed by atoms with Gasteiger partial charge >= 0.3 is 0 Å². The average molecular weight is 421 g/mol. The van der Waals surface area contributed by atoms with Crippen molar-refractivity contribution < 1.29 is 19.1 Å². The molecular formula is C20H24N2O4S2. The molecule has 0 heterocycles. The van der Waals surface area contributed by atoms with Gasteiger partial charge in [-0.15, -0.1) is 0 Å². The van der Waals surface area contributed by atoms with Gasteiger partial charge in [-0.05, 0) is 49.2 Å². The second kappa shape index (κ2) is 10.9. The Bertz CT molecular complexity index is 773. The number of benzene rings is 2. The first-order valence-electron chi connectivity index (χ1n) is 8.59. The Morgan fingerprint density at radius 3 is 1.54 bits per heavy atom. The molecule has 0 fully saturated rings. The molecule has 2 N–H and O–H groups in total. The Morgan fingerprint density at radius 2 is 1.18 bits per heavy atom. The van der Waals surface area contributed by atoms with E-state index in [1.54, 1.807) is 14.2 Å². The second-order valence-electron chi connectivity index (χ2n) is 5.93. The van der Waals surface area contributed by atoms with Crippen LogP contribution in [0.2, 0.25) is 0 Å². The van der Waals surface area contributed by atoms with Crippen LogP contribution < -0.4 is 20.1 Å². The third-order valence-corrected chi connectivity index (χ3v) is 5.54. The quantitative estimate of drug-likeness (QED) is 0.572. The summed E-state index contributed by atoms with van der Waals surface area (Å²) in [6.07, 6.45) is 0. The zero-order valence-electron chi connectivity index (χ0n) is 16.3. The first-order chi connectivity index (χ1) is 13.4. The highest BCUT2D eigenvalue weighted by molar-refractivity contribution is 8.17. The van der Waals surface area contributed by atoms with Crippen molar-refractivity contribution >= 4 is 45.4 Å². The fourth-order valence-corrected chi connectivity index (χ4v) is 3.80. The Labute approximate surface area is 173 Å². The van der Waals surface area contributed by atoms with Crippen molar-refractivity contribution in [2.75, 3.05) is 36.4 Å². The fourth-order valence-electron chi connectivity index (χ4n) is 2.40. The minimum Gasteiger partial charge on any atom is -0.495 e. The summed E-state index contributed by atoms with van der Waals surface area (Å²) in [5, 5.41) is 5.27. The number of carbonyl (C=O) groups is 2. The number of hydrogen-bond acceptors (Lipinski definition) is 6. The molecular weight excluding hydrogens is 396 g/mol. The molecule has 28 heavy (non-hydrogen) atoms. The summed E-state index contributed by atoms with van der Waals surface area (Å²) < 4.78 is 10.5. The first kappa shape index (κ1) is 22.0. The largest absolute Gasteiger partial charge is 0.495 e. The Hall–Kier alpha value is -2.32. The average Bonchev–Trinajstić information content (AvgIpc) is 2.65. The van der Waals surface area contributed by atoms with E-state index >= 15 is 0 Å². The molecule has 0 aliphatic rings. The van der Waals surface area contributed by atoms with Gasteiger partial charge in [0.2, 0.25) is 0 Å². The van der Waals surface area contributed by atoms with E-state index < -0.39 is 0 Å². The van der Waals surface area contributed by atoms with E-state index in [1.807, 2.05) is 50.2 Å². The van der Waals surface area contributed by atoms with Crippen LogP contribution in [0.25, 0.3) is 0 Å². The lowest BCUT2D eigenvalue weighted by atomic mass is 10.2. The number of thioether (sulfide) groups is 2. The molecule has 2 rings (SSSR count). The molecule has 0 unspecified atom stereocenters. The highest BCUT2D eigenvalue weighted by Crippen LogP contribution is 2.28. The lowest BCUT2D eigenvalue weighted by Crippen LogP contribution is -2.10. The molecule has 0 radical (unpaired) electrons. The highest BCUT2D eigenvalue weighted by atomic mass is 32.2. The number of methoxy groups -OCH3 is 2. The molecule has 2 aromatic carbocycles. The van der Waals surface area contributed by atoms with Crippen LogP contribution in [-0.2, 0) is 0 Å². The monoisotopic (exact) mass is 420 g/mol. The van der Waals surface area contributed by atoms with Gasteiger partial charge in [-0.3, -0.25) is 9.59 Å². The summed E-state index contributed by atoms with van der Waals surface area (Å²) in [5.41, 5.74) is 3.33. The number of anilines is 2. The Balaban J connectivity index is 1.77. The first-order valence-corrected chi connectivity index (χ1v) is 10.6. The minimum atomic E-state index is -0.190. The van der Waals surface area contributed by atoms with E-state index in [-0.39, 0.29) is 10.5 Å². The molecule has 8 heteroatoms. The predicted molar refractivity (Wildman–Crippen MR) is 118 cm³/mol. The maximum Gasteiger partial charge on any atom is 0.283 e. The molecule has 0 atom stereocenters. The van der Waals surface area contributed by atoms with Crippen molar-refractivity contribution in [1.29, 1.82) is 0 Å². The normalized spacial score (nSPS) is 10.3.